The lowest BCUT2D eigenvalue weighted by Gasteiger charge is -2.29. The van der Waals surface area contributed by atoms with Crippen LogP contribution in [0.5, 0.6) is 11.5 Å². The van der Waals surface area contributed by atoms with Crippen LogP contribution < -0.4 is 20.1 Å². The number of carbonyl (C=O) groups is 1. The second kappa shape index (κ2) is 9.59. The van der Waals surface area contributed by atoms with Crippen LogP contribution in [0.2, 0.25) is 5.02 Å². The molecule has 1 atom stereocenters. The third kappa shape index (κ3) is 4.38. The average Bonchev–Trinajstić information content (AvgIpc) is 3.19. The van der Waals surface area contributed by atoms with Gasteiger partial charge >= 0.3 is 0 Å². The van der Waals surface area contributed by atoms with Crippen LogP contribution in [0.25, 0.3) is 11.4 Å². The number of anilines is 2. The number of amides is 1. The van der Waals surface area contributed by atoms with Crippen LogP contribution in [-0.2, 0) is 4.79 Å². The lowest BCUT2D eigenvalue weighted by Crippen LogP contribution is -2.31. The summed E-state index contributed by atoms with van der Waals surface area (Å²) >= 11 is 6.33. The number of hydrogen-bond acceptors (Lipinski definition) is 7. The minimum atomic E-state index is -0.584. The van der Waals surface area contributed by atoms with E-state index < -0.39 is 6.04 Å². The number of allylic oxidation sites excluding steroid dienone is 1. The van der Waals surface area contributed by atoms with Crippen LogP contribution in [0.1, 0.15) is 24.9 Å². The predicted molar refractivity (Wildman–Crippen MR) is 140 cm³/mol. The van der Waals surface area contributed by atoms with Crippen LogP contribution in [0.15, 0.2) is 78.3 Å². The molecule has 0 saturated heterocycles. The number of benzene rings is 2. The van der Waals surface area contributed by atoms with Crippen molar-refractivity contribution in [1.82, 2.24) is 19.7 Å². The number of rotatable bonds is 4. The monoisotopic (exact) mass is 514 g/mol. The number of nitrogens with one attached hydrogen (secondary N) is 2. The number of pyridine rings is 1. The van der Waals surface area contributed by atoms with Crippen molar-refractivity contribution < 1.29 is 14.3 Å². The number of para-hydroxylation sites is 1. The van der Waals surface area contributed by atoms with E-state index in [1.165, 1.54) is 0 Å². The van der Waals surface area contributed by atoms with Gasteiger partial charge in [-0.1, -0.05) is 29.8 Å². The highest BCUT2D eigenvalue weighted by molar-refractivity contribution is 6.33. The summed E-state index contributed by atoms with van der Waals surface area (Å²) in [5, 5.41) is 11.5. The summed E-state index contributed by atoms with van der Waals surface area (Å²) in [6.07, 6.45) is 4.18. The van der Waals surface area contributed by atoms with E-state index in [2.05, 4.69) is 15.6 Å². The molecule has 0 aliphatic carbocycles. The zero-order chi connectivity index (χ0) is 25.4. The minimum Gasteiger partial charge on any atom is -0.490 e. The lowest BCUT2D eigenvalue weighted by molar-refractivity contribution is -0.113. The molecule has 1 unspecified atom stereocenters. The Balaban J connectivity index is 1.46. The Morgan fingerprint density at radius 1 is 1.08 bits per heavy atom. The first-order valence-corrected chi connectivity index (χ1v) is 12.3. The fourth-order valence-corrected chi connectivity index (χ4v) is 4.66. The molecule has 2 aliphatic rings. The molecule has 9 nitrogen and oxygen atoms in total. The third-order valence-corrected chi connectivity index (χ3v) is 6.57. The molecule has 186 valence electrons. The van der Waals surface area contributed by atoms with Crippen LogP contribution in [0.3, 0.4) is 0 Å². The molecule has 37 heavy (non-hydrogen) atoms. The Labute approximate surface area is 218 Å². The SMILES string of the molecule is CC1=C(C(=O)Nc2ccccc2Cl)C(c2ccc3c(c2)OCCCO3)n2nc(-c3ccncc3)nc2N1. The summed E-state index contributed by atoms with van der Waals surface area (Å²) in [5.41, 5.74) is 3.28. The maximum Gasteiger partial charge on any atom is 0.255 e. The van der Waals surface area contributed by atoms with Gasteiger partial charge < -0.3 is 20.1 Å². The molecule has 2 aromatic carbocycles. The van der Waals surface area contributed by atoms with Gasteiger partial charge in [0.1, 0.15) is 6.04 Å². The molecule has 0 spiro atoms. The normalized spacial score (nSPS) is 16.4. The van der Waals surface area contributed by atoms with Gasteiger partial charge in [0, 0.05) is 30.1 Å². The molecular formula is C27H23ClN6O3. The topological polar surface area (TPSA) is 103 Å². The molecule has 0 saturated carbocycles. The Hall–Kier alpha value is -4.37. The molecule has 0 fully saturated rings. The summed E-state index contributed by atoms with van der Waals surface area (Å²) in [6, 6.07) is 15.9. The highest BCUT2D eigenvalue weighted by Crippen LogP contribution is 2.40. The maximum atomic E-state index is 13.8. The molecular weight excluding hydrogens is 492 g/mol. The van der Waals surface area contributed by atoms with Gasteiger partial charge in [-0.15, -0.1) is 5.10 Å². The van der Waals surface area contributed by atoms with E-state index in [4.69, 9.17) is 31.2 Å². The highest BCUT2D eigenvalue weighted by atomic mass is 35.5. The van der Waals surface area contributed by atoms with Gasteiger partial charge in [-0.2, -0.15) is 4.98 Å². The van der Waals surface area contributed by atoms with E-state index in [0.717, 1.165) is 17.5 Å². The van der Waals surface area contributed by atoms with Gasteiger partial charge in [0.25, 0.3) is 5.91 Å². The summed E-state index contributed by atoms with van der Waals surface area (Å²) in [7, 11) is 0. The van der Waals surface area contributed by atoms with Crippen LogP contribution in [0, 0.1) is 0 Å². The van der Waals surface area contributed by atoms with E-state index in [1.807, 2.05) is 49.4 Å². The van der Waals surface area contributed by atoms with Crippen molar-refractivity contribution >= 4 is 29.1 Å². The fourth-order valence-electron chi connectivity index (χ4n) is 4.48. The molecule has 2 N–H and O–H groups in total. The summed E-state index contributed by atoms with van der Waals surface area (Å²) in [4.78, 5) is 22.5. The number of ether oxygens (including phenoxy) is 2. The van der Waals surface area contributed by atoms with Crippen LogP contribution >= 0.6 is 11.6 Å². The number of carbonyl (C=O) groups excluding carboxylic acids is 1. The number of fused-ring (bicyclic) bond motifs is 2. The van der Waals surface area contributed by atoms with E-state index in [1.54, 1.807) is 29.2 Å². The lowest BCUT2D eigenvalue weighted by atomic mass is 9.94. The molecule has 2 aromatic heterocycles. The first kappa shape index (κ1) is 23.1. The van der Waals surface area contributed by atoms with Gasteiger partial charge in [-0.25, -0.2) is 4.68 Å². The molecule has 1 amide bonds. The maximum absolute atomic E-state index is 13.8. The second-order valence-electron chi connectivity index (χ2n) is 8.70. The smallest absolute Gasteiger partial charge is 0.255 e. The average molecular weight is 515 g/mol. The Kier molecular flexibility index (Phi) is 5.97. The zero-order valence-corrected chi connectivity index (χ0v) is 20.7. The summed E-state index contributed by atoms with van der Waals surface area (Å²) < 4.78 is 13.5. The van der Waals surface area contributed by atoms with E-state index in [0.29, 0.717) is 58.5 Å². The standard InChI is InChI=1S/C27H23ClN6O3/c1-16-23(26(35)31-20-6-3-2-5-19(20)28)24(18-7-8-21-22(15-18)37-14-4-13-36-21)34-27(30-16)32-25(33-34)17-9-11-29-12-10-17/h2-3,5-12,15,24H,4,13-14H2,1H3,(H,31,35)(H,30,32,33). The van der Waals surface area contributed by atoms with Crippen molar-refractivity contribution in [1.29, 1.82) is 0 Å². The molecule has 0 radical (unpaired) electrons. The molecule has 10 heteroatoms. The molecule has 6 rings (SSSR count). The van der Waals surface area contributed by atoms with E-state index in [9.17, 15) is 4.79 Å². The van der Waals surface area contributed by atoms with Crippen molar-refractivity contribution in [3.8, 4) is 22.9 Å². The van der Waals surface area contributed by atoms with Crippen molar-refractivity contribution in [2.45, 2.75) is 19.4 Å². The highest BCUT2D eigenvalue weighted by Gasteiger charge is 2.35. The largest absolute Gasteiger partial charge is 0.490 e. The summed E-state index contributed by atoms with van der Waals surface area (Å²) in [6.45, 7) is 2.99. The number of aromatic nitrogens is 4. The third-order valence-electron chi connectivity index (χ3n) is 6.25. The molecule has 4 aromatic rings. The zero-order valence-electron chi connectivity index (χ0n) is 19.9. The van der Waals surface area contributed by atoms with Gasteiger partial charge in [-0.3, -0.25) is 9.78 Å². The molecule has 4 heterocycles. The Morgan fingerprint density at radius 2 is 1.86 bits per heavy atom. The van der Waals surface area contributed by atoms with Crippen LogP contribution in [0.4, 0.5) is 11.6 Å². The first-order chi connectivity index (χ1) is 18.1. The van der Waals surface area contributed by atoms with Crippen molar-refractivity contribution in [3.63, 3.8) is 0 Å². The van der Waals surface area contributed by atoms with Gasteiger partial charge in [-0.05, 0) is 48.9 Å². The van der Waals surface area contributed by atoms with Gasteiger partial charge in [0.2, 0.25) is 5.95 Å². The van der Waals surface area contributed by atoms with Crippen molar-refractivity contribution in [2.24, 2.45) is 0 Å². The molecule has 0 bridgehead atoms. The molecule has 2 aliphatic heterocycles. The fraction of sp³-hybridized carbons (Fsp3) is 0.185. The quantitative estimate of drug-likeness (QED) is 0.391. The van der Waals surface area contributed by atoms with Gasteiger partial charge in [0.15, 0.2) is 17.3 Å². The first-order valence-electron chi connectivity index (χ1n) is 11.9. The Bertz CT molecular complexity index is 1520. The number of hydrogen-bond donors (Lipinski definition) is 2. The predicted octanol–water partition coefficient (Wildman–Crippen LogP) is 5.08. The number of halogens is 1. The number of nitrogens with zero attached hydrogens (tertiary/aromatic N) is 4. The second-order valence-corrected chi connectivity index (χ2v) is 9.10. The Morgan fingerprint density at radius 3 is 2.68 bits per heavy atom. The minimum absolute atomic E-state index is 0.304. The van der Waals surface area contributed by atoms with E-state index >= 15 is 0 Å². The van der Waals surface area contributed by atoms with E-state index in [-0.39, 0.29) is 5.91 Å². The summed E-state index contributed by atoms with van der Waals surface area (Å²) in [5.74, 6) is 2.05. The van der Waals surface area contributed by atoms with Crippen molar-refractivity contribution in [2.75, 3.05) is 23.8 Å². The van der Waals surface area contributed by atoms with Crippen LogP contribution in [-0.4, -0.2) is 38.9 Å². The van der Waals surface area contributed by atoms with Gasteiger partial charge in [0.05, 0.1) is 29.5 Å². The van der Waals surface area contributed by atoms with Crippen molar-refractivity contribution in [3.05, 3.63) is 88.8 Å².